The van der Waals surface area contributed by atoms with Crippen LogP contribution in [-0.2, 0) is 47.5 Å². The molecule has 13 nitrogen and oxygen atoms in total. The molecule has 4 fully saturated rings. The molecule has 0 aromatic heterocycles. The van der Waals surface area contributed by atoms with Crippen LogP contribution >= 0.6 is 0 Å². The highest BCUT2D eigenvalue weighted by atomic mass is 16.7. The van der Waals surface area contributed by atoms with Gasteiger partial charge < -0.3 is 43.4 Å². The molecule has 2 N–H and O–H groups in total. The summed E-state index contributed by atoms with van der Waals surface area (Å²) >= 11 is 0. The molecule has 2 saturated heterocycles. The Morgan fingerprint density at radius 2 is 1.60 bits per heavy atom. The van der Waals surface area contributed by atoms with Crippen molar-refractivity contribution in [3.8, 4) is 0 Å². The van der Waals surface area contributed by atoms with Gasteiger partial charge in [-0.2, -0.15) is 0 Å². The van der Waals surface area contributed by atoms with Gasteiger partial charge in [-0.3, -0.25) is 9.59 Å². The molecule has 0 radical (unpaired) electrons. The van der Waals surface area contributed by atoms with Gasteiger partial charge in [-0.1, -0.05) is 77.0 Å². The second-order valence-corrected chi connectivity index (χ2v) is 19.9. The molecule has 1 aromatic carbocycles. The van der Waals surface area contributed by atoms with Crippen molar-refractivity contribution in [3.05, 3.63) is 70.3 Å². The first-order valence-electron chi connectivity index (χ1n) is 22.2. The van der Waals surface area contributed by atoms with Gasteiger partial charge in [0.05, 0.1) is 24.2 Å². The monoisotopic (exact) mass is 864 g/mol. The maximum atomic E-state index is 14.5. The van der Waals surface area contributed by atoms with Crippen molar-refractivity contribution < 1.29 is 62.5 Å². The molecule has 2 heterocycles. The summed E-state index contributed by atoms with van der Waals surface area (Å²) < 4.78 is 45.9. The largest absolute Gasteiger partial charge is 0.456 e. The Hall–Kier alpha value is -3.88. The fourth-order valence-corrected chi connectivity index (χ4v) is 11.3. The van der Waals surface area contributed by atoms with Gasteiger partial charge in [0.2, 0.25) is 0 Å². The summed E-state index contributed by atoms with van der Waals surface area (Å²) in [7, 11) is 0. The molecule has 0 unspecified atom stereocenters. The van der Waals surface area contributed by atoms with E-state index in [0.717, 1.165) is 18.4 Å². The maximum Gasteiger partial charge on any atom is 0.338 e. The third-order valence-corrected chi connectivity index (χ3v) is 14.3. The standard InChI is InChI=1S/C49H68O13/c1-26(2)17-16-18-28(5)22-37-59-35-23-36-48(25-56-36,62-32(9)51)41-43(61-44(53)33-19-14-13-15-20-33)49(55)24-34(58-45(54)39(52)29(6)21-27(3)4)30(7)38(46(49,10)11)40(57-31(8)50)42(60-37)47(35,41)12/h13-15,17,19-20,22,27,29,34-37,39-43,52,55H,16,18,21,23-25H2,1-12H3/t29-,34-,35-,36+,37-,39+,40+,41-,42-,43-,47+,48-,49+/m0/s1. The lowest BCUT2D eigenvalue weighted by molar-refractivity contribution is -0.405. The van der Waals surface area contributed by atoms with E-state index in [1.54, 1.807) is 58.0 Å². The topological polar surface area (TPSA) is 173 Å². The number of hydrogen-bond acceptors (Lipinski definition) is 13. The summed E-state index contributed by atoms with van der Waals surface area (Å²) in [6, 6.07) is 8.37. The minimum atomic E-state index is -2.13. The predicted octanol–water partition coefficient (Wildman–Crippen LogP) is 7.12. The number of ether oxygens (including phenoxy) is 7. The highest BCUT2D eigenvalue weighted by molar-refractivity contribution is 5.89. The lowest BCUT2D eigenvalue weighted by atomic mass is 9.44. The van der Waals surface area contributed by atoms with Crippen molar-refractivity contribution in [3.63, 3.8) is 0 Å². The van der Waals surface area contributed by atoms with Crippen LogP contribution in [0.4, 0.5) is 0 Å². The second-order valence-electron chi connectivity index (χ2n) is 19.9. The molecule has 2 aliphatic heterocycles. The van der Waals surface area contributed by atoms with E-state index in [4.69, 9.17) is 33.2 Å². The molecule has 3 aliphatic carbocycles. The Morgan fingerprint density at radius 1 is 0.919 bits per heavy atom. The zero-order chi connectivity index (χ0) is 45.7. The minimum Gasteiger partial charge on any atom is -0.456 e. The third-order valence-electron chi connectivity index (χ3n) is 14.3. The number of hydrogen-bond donors (Lipinski definition) is 2. The van der Waals surface area contributed by atoms with Crippen LogP contribution in [0.3, 0.4) is 0 Å². The number of fused-ring (bicyclic) bond motifs is 4. The average Bonchev–Trinajstić information content (AvgIpc) is 3.16. The molecule has 62 heavy (non-hydrogen) atoms. The molecule has 2 saturated carbocycles. The van der Waals surface area contributed by atoms with Gasteiger partial charge >= 0.3 is 23.9 Å². The van der Waals surface area contributed by atoms with E-state index in [0.29, 0.717) is 17.6 Å². The number of carbonyl (C=O) groups is 4. The number of esters is 4. The Labute approximate surface area is 366 Å². The first-order valence-corrected chi connectivity index (χ1v) is 22.2. The lowest BCUT2D eigenvalue weighted by Crippen LogP contribution is -2.83. The third kappa shape index (κ3) is 8.56. The summed E-state index contributed by atoms with van der Waals surface area (Å²) in [5.41, 5.74) is -3.03. The van der Waals surface area contributed by atoms with Crippen LogP contribution in [0.2, 0.25) is 0 Å². The van der Waals surface area contributed by atoms with E-state index in [9.17, 15) is 29.4 Å². The van der Waals surface area contributed by atoms with Crippen molar-refractivity contribution in [1.82, 2.24) is 0 Å². The number of benzene rings is 1. The van der Waals surface area contributed by atoms with Crippen molar-refractivity contribution in [1.29, 1.82) is 0 Å². The normalized spacial score (nSPS) is 35.7. The van der Waals surface area contributed by atoms with Gasteiger partial charge in [0.1, 0.15) is 30.0 Å². The Bertz CT molecular complexity index is 1960. The highest BCUT2D eigenvalue weighted by Gasteiger charge is 2.79. The number of aliphatic hydroxyl groups is 2. The molecule has 1 aromatic rings. The fraction of sp³-hybridized carbons (Fsp3) is 0.673. The van der Waals surface area contributed by atoms with Gasteiger partial charge in [-0.15, -0.1) is 0 Å². The maximum absolute atomic E-state index is 14.5. The average molecular weight is 865 g/mol. The van der Waals surface area contributed by atoms with Gasteiger partial charge in [0.15, 0.2) is 24.1 Å². The minimum absolute atomic E-state index is 0.0993. The van der Waals surface area contributed by atoms with E-state index in [1.165, 1.54) is 19.4 Å². The Kier molecular flexibility index (Phi) is 13.8. The van der Waals surface area contributed by atoms with Crippen LogP contribution in [0.1, 0.15) is 126 Å². The van der Waals surface area contributed by atoms with Crippen LogP contribution in [0.5, 0.6) is 0 Å². The van der Waals surface area contributed by atoms with E-state index in [1.807, 2.05) is 47.6 Å². The molecule has 342 valence electrons. The van der Waals surface area contributed by atoms with E-state index in [-0.39, 0.29) is 30.9 Å². The van der Waals surface area contributed by atoms with E-state index in [2.05, 4.69) is 6.08 Å². The predicted molar refractivity (Wildman–Crippen MR) is 228 cm³/mol. The highest BCUT2D eigenvalue weighted by Crippen LogP contribution is 2.67. The molecular weight excluding hydrogens is 797 g/mol. The number of allylic oxidation sites excluding steroid dienone is 3. The SMILES string of the molecule is CC(=O)O[C@@H]1C2=C(C)[C@@H](OC(=O)[C@H](O)[C@@H](C)CC(C)C)C[C@@](O)([C@@H](OC(=O)c3ccccc3)[C@@H]3[C@]4(OC(C)=O)CO[C@@H]4C[C@@H]4O[C@H](C=C(C)CCC=C(C)C)O[C@@H]1[C@]43C)C2(C)C. The Morgan fingerprint density at radius 3 is 2.18 bits per heavy atom. The van der Waals surface area contributed by atoms with Gasteiger partial charge in [0.25, 0.3) is 0 Å². The first-order chi connectivity index (χ1) is 29.0. The summed E-state index contributed by atoms with van der Waals surface area (Å²) in [5.74, 6) is -4.25. The van der Waals surface area contributed by atoms with Crippen LogP contribution < -0.4 is 0 Å². The quantitative estimate of drug-likeness (QED) is 0.117. The molecule has 13 heteroatoms. The van der Waals surface area contributed by atoms with Gasteiger partial charge in [-0.25, -0.2) is 9.59 Å². The molecule has 0 amide bonds. The van der Waals surface area contributed by atoms with Crippen molar-refractivity contribution in [2.75, 3.05) is 6.61 Å². The van der Waals surface area contributed by atoms with Crippen LogP contribution in [-0.4, -0.2) is 101 Å². The molecule has 5 aliphatic rings. The summed E-state index contributed by atoms with van der Waals surface area (Å²) in [4.78, 5) is 55.2. The number of rotatable bonds is 13. The number of aliphatic hydroxyl groups excluding tert-OH is 1. The van der Waals surface area contributed by atoms with Crippen LogP contribution in [0.15, 0.2) is 64.8 Å². The van der Waals surface area contributed by atoms with Crippen LogP contribution in [0.25, 0.3) is 0 Å². The smallest absolute Gasteiger partial charge is 0.338 e. The van der Waals surface area contributed by atoms with Crippen molar-refractivity contribution >= 4 is 23.9 Å². The molecule has 0 spiro atoms. The summed E-state index contributed by atoms with van der Waals surface area (Å²) in [5, 5.41) is 25.2. The van der Waals surface area contributed by atoms with Crippen LogP contribution in [0, 0.1) is 28.6 Å². The second kappa shape index (κ2) is 17.9. The van der Waals surface area contributed by atoms with Gasteiger partial charge in [0, 0.05) is 37.5 Å². The first kappa shape index (κ1) is 47.6. The van der Waals surface area contributed by atoms with E-state index >= 15 is 0 Å². The zero-order valence-electron chi connectivity index (χ0n) is 38.5. The van der Waals surface area contributed by atoms with E-state index < -0.39 is 107 Å². The van der Waals surface area contributed by atoms with Crippen molar-refractivity contribution in [2.45, 2.75) is 175 Å². The summed E-state index contributed by atoms with van der Waals surface area (Å²) in [6.07, 6.45) is -2.81. The van der Waals surface area contributed by atoms with Gasteiger partial charge in [-0.05, 0) is 88.1 Å². The molecule has 13 atom stereocenters. The molecular formula is C49H68O13. The number of carbonyl (C=O) groups excluding carboxylic acids is 4. The molecule has 2 bridgehead atoms. The Balaban J connectivity index is 1.62. The fourth-order valence-electron chi connectivity index (χ4n) is 11.3. The lowest BCUT2D eigenvalue weighted by Gasteiger charge is -2.71. The summed E-state index contributed by atoms with van der Waals surface area (Å²) in [6.45, 7) is 21.6. The van der Waals surface area contributed by atoms with Crippen molar-refractivity contribution in [2.24, 2.45) is 28.6 Å². The molecule has 6 rings (SSSR count). The zero-order valence-corrected chi connectivity index (χ0v) is 38.5.